The Morgan fingerprint density at radius 1 is 1.14 bits per heavy atom. The number of sulfonamides is 1. The summed E-state index contributed by atoms with van der Waals surface area (Å²) < 4.78 is 40.9. The molecule has 1 amide bonds. The van der Waals surface area contributed by atoms with Crippen LogP contribution in [-0.2, 0) is 10.0 Å². The van der Waals surface area contributed by atoms with E-state index in [1.54, 1.807) is 6.92 Å². The van der Waals surface area contributed by atoms with E-state index in [0.717, 1.165) is 49.7 Å². The highest BCUT2D eigenvalue weighted by molar-refractivity contribution is 7.89. The molecule has 0 aliphatic carbocycles. The largest absolute Gasteiger partial charge is 0.350 e. The van der Waals surface area contributed by atoms with Crippen molar-refractivity contribution in [2.45, 2.75) is 30.7 Å². The first kappa shape index (κ1) is 21.4. The van der Waals surface area contributed by atoms with Crippen LogP contribution in [0.1, 0.15) is 41.7 Å². The predicted octanol–water partition coefficient (Wildman–Crippen LogP) is 2.69. The summed E-state index contributed by atoms with van der Waals surface area (Å²) in [5.74, 6) is -1.38. The summed E-state index contributed by atoms with van der Waals surface area (Å²) in [6, 6.07) is 13.1. The Morgan fingerprint density at radius 2 is 1.83 bits per heavy atom. The van der Waals surface area contributed by atoms with Crippen molar-refractivity contribution in [3.05, 3.63) is 65.5 Å². The Labute approximate surface area is 171 Å². The van der Waals surface area contributed by atoms with Gasteiger partial charge in [0.1, 0.15) is 5.82 Å². The van der Waals surface area contributed by atoms with E-state index in [4.69, 9.17) is 0 Å². The molecule has 156 valence electrons. The molecule has 1 aliphatic rings. The number of benzene rings is 2. The van der Waals surface area contributed by atoms with Crippen molar-refractivity contribution in [3.8, 4) is 0 Å². The Hall–Kier alpha value is -2.29. The third-order valence-electron chi connectivity index (χ3n) is 5.05. The van der Waals surface area contributed by atoms with Gasteiger partial charge in [0, 0.05) is 13.1 Å². The van der Waals surface area contributed by atoms with E-state index in [-0.39, 0.29) is 23.0 Å². The third kappa shape index (κ3) is 5.20. The van der Waals surface area contributed by atoms with Gasteiger partial charge in [-0.25, -0.2) is 17.5 Å². The van der Waals surface area contributed by atoms with Gasteiger partial charge < -0.3 is 5.32 Å². The topological polar surface area (TPSA) is 78.5 Å². The average Bonchev–Trinajstić information content (AvgIpc) is 3.23. The summed E-state index contributed by atoms with van der Waals surface area (Å²) in [5.41, 5.74) is 0.802. The lowest BCUT2D eigenvalue weighted by Gasteiger charge is -2.28. The van der Waals surface area contributed by atoms with E-state index in [1.807, 2.05) is 30.3 Å². The van der Waals surface area contributed by atoms with Crippen LogP contribution in [0.3, 0.4) is 0 Å². The van der Waals surface area contributed by atoms with Gasteiger partial charge in [-0.1, -0.05) is 37.3 Å². The van der Waals surface area contributed by atoms with Crippen molar-refractivity contribution >= 4 is 15.9 Å². The maximum atomic E-state index is 14.3. The molecule has 0 bridgehead atoms. The number of nitrogens with zero attached hydrogens (tertiary/aromatic N) is 1. The molecular formula is C21H26FN3O3S. The zero-order valence-corrected chi connectivity index (χ0v) is 17.2. The van der Waals surface area contributed by atoms with Crippen molar-refractivity contribution in [3.63, 3.8) is 0 Å². The fourth-order valence-corrected chi connectivity index (χ4v) is 4.66. The quantitative estimate of drug-likeness (QED) is 0.690. The lowest BCUT2D eigenvalue weighted by molar-refractivity contribution is 0.0933. The van der Waals surface area contributed by atoms with Crippen LogP contribution in [0.15, 0.2) is 53.4 Å². The summed E-state index contributed by atoms with van der Waals surface area (Å²) in [4.78, 5) is 14.8. The van der Waals surface area contributed by atoms with Gasteiger partial charge in [0.15, 0.2) is 0 Å². The lowest BCUT2D eigenvalue weighted by Crippen LogP contribution is -2.37. The predicted molar refractivity (Wildman–Crippen MR) is 110 cm³/mol. The number of hydrogen-bond donors (Lipinski definition) is 2. The van der Waals surface area contributed by atoms with Crippen LogP contribution < -0.4 is 10.0 Å². The molecule has 2 aromatic rings. The van der Waals surface area contributed by atoms with Crippen molar-refractivity contribution in [1.29, 1.82) is 0 Å². The van der Waals surface area contributed by atoms with Crippen LogP contribution in [0.25, 0.3) is 0 Å². The Morgan fingerprint density at radius 3 is 2.48 bits per heavy atom. The molecule has 2 N–H and O–H groups in total. The van der Waals surface area contributed by atoms with Gasteiger partial charge in [-0.3, -0.25) is 9.69 Å². The molecule has 1 saturated heterocycles. The zero-order chi connectivity index (χ0) is 20.9. The van der Waals surface area contributed by atoms with Gasteiger partial charge in [-0.05, 0) is 49.7 Å². The number of carbonyl (C=O) groups excluding carboxylic acids is 1. The van der Waals surface area contributed by atoms with E-state index in [9.17, 15) is 17.6 Å². The third-order valence-corrected chi connectivity index (χ3v) is 6.59. The Balaban J connectivity index is 1.78. The molecule has 0 saturated carbocycles. The number of amides is 1. The van der Waals surface area contributed by atoms with E-state index >= 15 is 0 Å². The number of halogens is 1. The Kier molecular flexibility index (Phi) is 7.00. The SMILES string of the molecule is CCNS(=O)(=O)c1ccc(F)c(C(=O)NCC(c2ccccc2)N2CCCC2)c1. The van der Waals surface area contributed by atoms with Gasteiger partial charge in [0.05, 0.1) is 16.5 Å². The van der Waals surface area contributed by atoms with Gasteiger partial charge >= 0.3 is 0 Å². The first-order valence-electron chi connectivity index (χ1n) is 9.79. The average molecular weight is 420 g/mol. The second kappa shape index (κ2) is 9.47. The minimum absolute atomic E-state index is 0.0145. The summed E-state index contributed by atoms with van der Waals surface area (Å²) in [7, 11) is -3.78. The van der Waals surface area contributed by atoms with Crippen LogP contribution in [-0.4, -0.2) is 45.4 Å². The molecule has 1 aliphatic heterocycles. The molecule has 6 nitrogen and oxygen atoms in total. The lowest BCUT2D eigenvalue weighted by atomic mass is 10.1. The fourth-order valence-electron chi connectivity index (χ4n) is 3.59. The summed E-state index contributed by atoms with van der Waals surface area (Å²) in [6.07, 6.45) is 2.21. The van der Waals surface area contributed by atoms with Crippen LogP contribution in [0.2, 0.25) is 0 Å². The number of rotatable bonds is 8. The van der Waals surface area contributed by atoms with Crippen molar-refractivity contribution in [1.82, 2.24) is 14.9 Å². The first-order chi connectivity index (χ1) is 13.9. The second-order valence-corrected chi connectivity index (χ2v) is 8.79. The highest BCUT2D eigenvalue weighted by atomic mass is 32.2. The minimum Gasteiger partial charge on any atom is -0.350 e. The van der Waals surface area contributed by atoms with Crippen molar-refractivity contribution in [2.75, 3.05) is 26.2 Å². The van der Waals surface area contributed by atoms with Crippen molar-refractivity contribution in [2.24, 2.45) is 0 Å². The van der Waals surface area contributed by atoms with Gasteiger partial charge in [-0.2, -0.15) is 0 Å². The monoisotopic (exact) mass is 419 g/mol. The normalized spacial score (nSPS) is 15.9. The molecule has 1 atom stereocenters. The maximum absolute atomic E-state index is 14.3. The maximum Gasteiger partial charge on any atom is 0.254 e. The van der Waals surface area contributed by atoms with Crippen LogP contribution in [0, 0.1) is 5.82 Å². The molecule has 3 rings (SSSR count). The molecule has 1 unspecified atom stereocenters. The van der Waals surface area contributed by atoms with E-state index in [1.165, 1.54) is 0 Å². The minimum atomic E-state index is -3.78. The standard InChI is InChI=1S/C21H26FN3O3S/c1-2-24-29(27,28)17-10-11-19(22)18(14-17)21(26)23-15-20(25-12-6-7-13-25)16-8-4-3-5-9-16/h3-5,8-11,14,20,24H,2,6-7,12-13,15H2,1H3,(H,23,26). The van der Waals surface area contributed by atoms with Crippen LogP contribution in [0.4, 0.5) is 4.39 Å². The number of likely N-dealkylation sites (tertiary alicyclic amines) is 1. The highest BCUT2D eigenvalue weighted by Gasteiger charge is 2.25. The summed E-state index contributed by atoms with van der Waals surface area (Å²) in [5, 5.41) is 2.79. The molecule has 8 heteroatoms. The first-order valence-corrected chi connectivity index (χ1v) is 11.3. The van der Waals surface area contributed by atoms with Crippen LogP contribution >= 0.6 is 0 Å². The second-order valence-electron chi connectivity index (χ2n) is 7.02. The zero-order valence-electron chi connectivity index (χ0n) is 16.4. The van der Waals surface area contributed by atoms with Crippen LogP contribution in [0.5, 0.6) is 0 Å². The fraction of sp³-hybridized carbons (Fsp3) is 0.381. The molecule has 1 heterocycles. The summed E-state index contributed by atoms with van der Waals surface area (Å²) >= 11 is 0. The van der Waals surface area contributed by atoms with E-state index in [2.05, 4.69) is 14.9 Å². The molecule has 0 aromatic heterocycles. The highest BCUT2D eigenvalue weighted by Crippen LogP contribution is 2.24. The number of nitrogens with one attached hydrogen (secondary N) is 2. The Bertz CT molecular complexity index is 945. The number of carbonyl (C=O) groups is 1. The van der Waals surface area contributed by atoms with E-state index in [0.29, 0.717) is 6.54 Å². The molecule has 29 heavy (non-hydrogen) atoms. The number of hydrogen-bond acceptors (Lipinski definition) is 4. The van der Waals surface area contributed by atoms with E-state index < -0.39 is 21.7 Å². The smallest absolute Gasteiger partial charge is 0.254 e. The molecule has 2 aromatic carbocycles. The van der Waals surface area contributed by atoms with Crippen molar-refractivity contribution < 1.29 is 17.6 Å². The molecule has 0 spiro atoms. The van der Waals surface area contributed by atoms with Gasteiger partial charge in [0.2, 0.25) is 10.0 Å². The molecular weight excluding hydrogens is 393 g/mol. The molecule has 0 radical (unpaired) electrons. The van der Waals surface area contributed by atoms with Gasteiger partial charge in [-0.15, -0.1) is 0 Å². The summed E-state index contributed by atoms with van der Waals surface area (Å²) in [6.45, 7) is 4.06. The van der Waals surface area contributed by atoms with Gasteiger partial charge in [0.25, 0.3) is 5.91 Å². The molecule has 1 fully saturated rings.